The van der Waals surface area contributed by atoms with Crippen LogP contribution in [0.3, 0.4) is 0 Å². The van der Waals surface area contributed by atoms with Crippen LogP contribution in [0.5, 0.6) is 0 Å². The normalized spacial score (nSPS) is 26.7. The fraction of sp³-hybridized carbons (Fsp3) is 0.632. The van der Waals surface area contributed by atoms with E-state index in [0.29, 0.717) is 5.92 Å². The summed E-state index contributed by atoms with van der Waals surface area (Å²) in [5.41, 5.74) is 1.37. The van der Waals surface area contributed by atoms with Crippen LogP contribution in [0.4, 0.5) is 0 Å². The lowest BCUT2D eigenvalue weighted by atomic mass is 9.74. The van der Waals surface area contributed by atoms with Crippen molar-refractivity contribution in [3.05, 3.63) is 35.9 Å². The number of esters is 1. The number of carbonyl (C=O) groups is 1. The zero-order valence-corrected chi connectivity index (χ0v) is 14.4. The third-order valence-corrected chi connectivity index (χ3v) is 5.01. The van der Waals surface area contributed by atoms with Crippen LogP contribution < -0.4 is 5.32 Å². The van der Waals surface area contributed by atoms with Crippen LogP contribution >= 0.6 is 0 Å². The highest BCUT2D eigenvalue weighted by Gasteiger charge is 2.46. The predicted molar refractivity (Wildman–Crippen MR) is 89.5 cm³/mol. The van der Waals surface area contributed by atoms with Crippen LogP contribution in [-0.4, -0.2) is 19.1 Å². The minimum absolute atomic E-state index is 0.0591. The van der Waals surface area contributed by atoms with Crippen molar-refractivity contribution < 1.29 is 9.53 Å². The molecule has 1 saturated carbocycles. The minimum atomic E-state index is -0.0739. The number of carbonyl (C=O) groups excluding carboxylic acids is 1. The molecule has 122 valence electrons. The van der Waals surface area contributed by atoms with E-state index in [1.54, 1.807) is 0 Å². The number of rotatable bonds is 4. The van der Waals surface area contributed by atoms with Crippen LogP contribution in [-0.2, 0) is 9.53 Å². The molecule has 3 heteroatoms. The Kier molecular flexibility index (Phi) is 5.28. The molecule has 1 aliphatic carbocycles. The van der Waals surface area contributed by atoms with Crippen LogP contribution in [0.1, 0.15) is 52.1 Å². The van der Waals surface area contributed by atoms with Gasteiger partial charge in [-0.1, -0.05) is 51.1 Å². The maximum atomic E-state index is 12.3. The van der Waals surface area contributed by atoms with Crippen molar-refractivity contribution in [2.75, 3.05) is 7.11 Å². The van der Waals surface area contributed by atoms with E-state index >= 15 is 0 Å². The van der Waals surface area contributed by atoms with Crippen LogP contribution in [0.25, 0.3) is 0 Å². The molecule has 22 heavy (non-hydrogen) atoms. The van der Waals surface area contributed by atoms with Crippen molar-refractivity contribution >= 4 is 5.97 Å². The Hall–Kier alpha value is -1.35. The molecule has 0 heterocycles. The minimum Gasteiger partial charge on any atom is -0.469 e. The maximum Gasteiger partial charge on any atom is 0.310 e. The molecule has 1 aromatic carbocycles. The van der Waals surface area contributed by atoms with E-state index < -0.39 is 0 Å². The summed E-state index contributed by atoms with van der Waals surface area (Å²) in [6.07, 6.45) is 2.10. The molecular formula is C19H29NO2. The molecule has 1 aliphatic rings. The molecule has 3 nitrogen and oxygen atoms in total. The molecule has 0 amide bonds. The lowest BCUT2D eigenvalue weighted by Gasteiger charge is -2.33. The van der Waals surface area contributed by atoms with Crippen LogP contribution in [0.15, 0.2) is 30.3 Å². The molecule has 0 unspecified atom stereocenters. The Labute approximate surface area is 134 Å². The van der Waals surface area contributed by atoms with Gasteiger partial charge in [0.25, 0.3) is 0 Å². The summed E-state index contributed by atoms with van der Waals surface area (Å²) in [5, 5.41) is 3.66. The number of benzene rings is 1. The average molecular weight is 303 g/mol. The number of hydrogen-bond acceptors (Lipinski definition) is 3. The van der Waals surface area contributed by atoms with E-state index in [1.807, 2.05) is 6.07 Å². The Balaban J connectivity index is 2.14. The molecular weight excluding hydrogens is 274 g/mol. The van der Waals surface area contributed by atoms with Gasteiger partial charge in [0.15, 0.2) is 0 Å². The van der Waals surface area contributed by atoms with Crippen molar-refractivity contribution in [1.82, 2.24) is 5.32 Å². The number of hydrogen-bond donors (Lipinski definition) is 1. The number of methoxy groups -OCH3 is 1. The number of ether oxygens (including phenoxy) is 1. The van der Waals surface area contributed by atoms with E-state index in [0.717, 1.165) is 12.8 Å². The maximum absolute atomic E-state index is 12.3. The van der Waals surface area contributed by atoms with Gasteiger partial charge in [0, 0.05) is 12.1 Å². The first-order valence-electron chi connectivity index (χ1n) is 8.23. The van der Waals surface area contributed by atoms with Gasteiger partial charge in [0.05, 0.1) is 13.0 Å². The first-order valence-corrected chi connectivity index (χ1v) is 8.23. The van der Waals surface area contributed by atoms with Crippen molar-refractivity contribution in [2.24, 2.45) is 17.3 Å². The first kappa shape index (κ1) is 17.0. The van der Waals surface area contributed by atoms with Crippen LogP contribution in [0, 0.1) is 17.3 Å². The average Bonchev–Trinajstić information content (AvgIpc) is 2.91. The van der Waals surface area contributed by atoms with Gasteiger partial charge in [-0.25, -0.2) is 0 Å². The second-order valence-electron chi connectivity index (χ2n) is 7.50. The van der Waals surface area contributed by atoms with E-state index in [9.17, 15) is 4.79 Å². The predicted octanol–water partition coefficient (Wildman–Crippen LogP) is 3.95. The topological polar surface area (TPSA) is 38.3 Å². The third kappa shape index (κ3) is 3.70. The van der Waals surface area contributed by atoms with Crippen molar-refractivity contribution in [2.45, 2.75) is 52.6 Å². The zero-order chi connectivity index (χ0) is 16.3. The van der Waals surface area contributed by atoms with E-state index in [2.05, 4.69) is 57.3 Å². The molecule has 0 spiro atoms. The van der Waals surface area contributed by atoms with Crippen molar-refractivity contribution in [1.29, 1.82) is 0 Å². The molecule has 0 aromatic heterocycles. The zero-order valence-electron chi connectivity index (χ0n) is 14.4. The highest BCUT2D eigenvalue weighted by Crippen LogP contribution is 2.44. The molecule has 1 aromatic rings. The monoisotopic (exact) mass is 303 g/mol. The SMILES string of the molecule is COC(=O)[C@H]1[C@H](C(C)(C)C)CC[C@H]1N[C@H](C)c1ccccc1. The second kappa shape index (κ2) is 6.82. The smallest absolute Gasteiger partial charge is 0.310 e. The molecule has 4 atom stereocenters. The van der Waals surface area contributed by atoms with Gasteiger partial charge in [0.2, 0.25) is 0 Å². The van der Waals surface area contributed by atoms with Gasteiger partial charge < -0.3 is 10.1 Å². The quantitative estimate of drug-likeness (QED) is 0.856. The Bertz CT molecular complexity index is 492. The molecule has 0 saturated heterocycles. The molecule has 1 fully saturated rings. The highest BCUT2D eigenvalue weighted by atomic mass is 16.5. The molecule has 0 aliphatic heterocycles. The summed E-state index contributed by atoms with van der Waals surface area (Å²) >= 11 is 0. The highest BCUT2D eigenvalue weighted by molar-refractivity contribution is 5.74. The van der Waals surface area contributed by atoms with Gasteiger partial charge in [-0.05, 0) is 36.7 Å². The molecule has 0 bridgehead atoms. The van der Waals surface area contributed by atoms with E-state index in [1.165, 1.54) is 12.7 Å². The van der Waals surface area contributed by atoms with E-state index in [4.69, 9.17) is 4.74 Å². The standard InChI is InChI=1S/C19H29NO2/c1-13(14-9-7-6-8-10-14)20-16-12-11-15(19(2,3)4)17(16)18(21)22-5/h6-10,13,15-17,20H,11-12H2,1-5H3/t13-,15-,16-,17+/m1/s1. The largest absolute Gasteiger partial charge is 0.469 e. The van der Waals surface area contributed by atoms with Crippen LogP contribution in [0.2, 0.25) is 0 Å². The summed E-state index contributed by atoms with van der Waals surface area (Å²) in [6, 6.07) is 10.8. The molecule has 1 N–H and O–H groups in total. The molecule has 2 rings (SSSR count). The van der Waals surface area contributed by atoms with Gasteiger partial charge in [-0.2, -0.15) is 0 Å². The van der Waals surface area contributed by atoms with Crippen molar-refractivity contribution in [3.63, 3.8) is 0 Å². The molecule has 0 radical (unpaired) electrons. The Morgan fingerprint density at radius 2 is 1.86 bits per heavy atom. The third-order valence-electron chi connectivity index (χ3n) is 5.01. The van der Waals surface area contributed by atoms with Gasteiger partial charge >= 0.3 is 5.97 Å². The summed E-state index contributed by atoms with van der Waals surface area (Å²) in [5.74, 6) is 0.228. The first-order chi connectivity index (χ1) is 10.3. The van der Waals surface area contributed by atoms with Gasteiger partial charge in [0.1, 0.15) is 0 Å². The fourth-order valence-electron chi connectivity index (χ4n) is 3.78. The Morgan fingerprint density at radius 3 is 2.41 bits per heavy atom. The fourth-order valence-corrected chi connectivity index (χ4v) is 3.78. The summed E-state index contributed by atoms with van der Waals surface area (Å²) < 4.78 is 5.10. The number of nitrogens with one attached hydrogen (secondary N) is 1. The van der Waals surface area contributed by atoms with Crippen molar-refractivity contribution in [3.8, 4) is 0 Å². The lowest BCUT2D eigenvalue weighted by Crippen LogP contribution is -2.42. The summed E-state index contributed by atoms with van der Waals surface area (Å²) in [7, 11) is 1.50. The van der Waals surface area contributed by atoms with Gasteiger partial charge in [-0.3, -0.25) is 4.79 Å². The van der Waals surface area contributed by atoms with Gasteiger partial charge in [-0.15, -0.1) is 0 Å². The second-order valence-corrected chi connectivity index (χ2v) is 7.50. The summed E-state index contributed by atoms with van der Waals surface area (Å²) in [6.45, 7) is 8.82. The summed E-state index contributed by atoms with van der Waals surface area (Å²) in [4.78, 5) is 12.3. The van der Waals surface area contributed by atoms with E-state index in [-0.39, 0.29) is 29.4 Å². The Morgan fingerprint density at radius 1 is 1.23 bits per heavy atom. The lowest BCUT2D eigenvalue weighted by molar-refractivity contribution is -0.149.